The third-order valence-corrected chi connectivity index (χ3v) is 3.32. The minimum atomic E-state index is 0.592. The number of halogens is 1. The van der Waals surface area contributed by atoms with Crippen LogP contribution in [0.3, 0.4) is 0 Å². The second kappa shape index (κ2) is 3.05. The van der Waals surface area contributed by atoms with Gasteiger partial charge in [-0.1, -0.05) is 11.6 Å². The minimum Gasteiger partial charge on any atom is -0.375 e. The molecule has 0 aliphatic rings. The number of hydrogen-bond acceptors (Lipinski definition) is 4. The molecule has 12 heavy (non-hydrogen) atoms. The normalized spacial score (nSPS) is 10.4. The number of thiophene rings is 1. The molecule has 0 spiro atoms. The van der Waals surface area contributed by atoms with Crippen LogP contribution < -0.4 is 5.73 Å². The molecule has 0 unspecified atom stereocenters. The monoisotopic (exact) mass is 216 g/mol. The summed E-state index contributed by atoms with van der Waals surface area (Å²) < 4.78 is 0. The van der Waals surface area contributed by atoms with Gasteiger partial charge >= 0.3 is 0 Å². The van der Waals surface area contributed by atoms with E-state index >= 15 is 0 Å². The molecule has 0 aliphatic heterocycles. The zero-order chi connectivity index (χ0) is 8.55. The predicted molar refractivity (Wildman–Crippen MR) is 54.8 cm³/mol. The Bertz CT molecular complexity index is 355. The van der Waals surface area contributed by atoms with Crippen LogP contribution in [0.5, 0.6) is 0 Å². The fourth-order valence-electron chi connectivity index (χ4n) is 0.848. The molecule has 0 saturated heterocycles. The van der Waals surface area contributed by atoms with Crippen LogP contribution in [-0.4, -0.2) is 4.98 Å². The van der Waals surface area contributed by atoms with Gasteiger partial charge in [-0.25, -0.2) is 4.98 Å². The van der Waals surface area contributed by atoms with E-state index in [1.165, 1.54) is 11.3 Å². The van der Waals surface area contributed by atoms with Gasteiger partial charge in [-0.2, -0.15) is 0 Å². The molecule has 0 atom stereocenters. The van der Waals surface area contributed by atoms with Gasteiger partial charge in [0.25, 0.3) is 0 Å². The lowest BCUT2D eigenvalue weighted by atomic mass is 10.4. The Morgan fingerprint density at radius 1 is 1.33 bits per heavy atom. The Balaban J connectivity index is 2.43. The largest absolute Gasteiger partial charge is 0.375 e. The third kappa shape index (κ3) is 1.46. The fourth-order valence-corrected chi connectivity index (χ4v) is 2.52. The summed E-state index contributed by atoms with van der Waals surface area (Å²) in [4.78, 5) is 5.21. The minimum absolute atomic E-state index is 0.592. The van der Waals surface area contributed by atoms with Crippen molar-refractivity contribution < 1.29 is 0 Å². The standard InChI is InChI=1S/C7H5ClN2S2/c8-4-1-6(11-2-4)5-3-12-7(9)10-5/h1-3H,(H2,9,10). The highest BCUT2D eigenvalue weighted by Crippen LogP contribution is 2.30. The summed E-state index contributed by atoms with van der Waals surface area (Å²) in [7, 11) is 0. The number of rotatable bonds is 1. The molecule has 0 aliphatic carbocycles. The number of thiazole rings is 1. The van der Waals surface area contributed by atoms with Gasteiger partial charge in [0.15, 0.2) is 5.13 Å². The summed E-state index contributed by atoms with van der Waals surface area (Å²) in [6.07, 6.45) is 0. The first-order chi connectivity index (χ1) is 5.75. The van der Waals surface area contributed by atoms with Gasteiger partial charge in [0.05, 0.1) is 15.6 Å². The molecule has 2 heterocycles. The highest BCUT2D eigenvalue weighted by molar-refractivity contribution is 7.16. The van der Waals surface area contributed by atoms with E-state index in [1.807, 2.05) is 16.8 Å². The van der Waals surface area contributed by atoms with Crippen molar-refractivity contribution in [2.75, 3.05) is 5.73 Å². The maximum absolute atomic E-state index is 5.77. The van der Waals surface area contributed by atoms with Gasteiger partial charge < -0.3 is 5.73 Å². The topological polar surface area (TPSA) is 38.9 Å². The highest BCUT2D eigenvalue weighted by Gasteiger charge is 2.04. The van der Waals surface area contributed by atoms with Gasteiger partial charge in [-0.05, 0) is 6.07 Å². The molecule has 0 saturated carbocycles. The number of anilines is 1. The Kier molecular flexibility index (Phi) is 2.04. The zero-order valence-corrected chi connectivity index (χ0v) is 8.34. The molecule has 2 nitrogen and oxygen atoms in total. The van der Waals surface area contributed by atoms with Crippen molar-refractivity contribution in [3.8, 4) is 10.6 Å². The molecule has 0 aromatic carbocycles. The quantitative estimate of drug-likeness (QED) is 0.796. The average Bonchev–Trinajstić information content (AvgIpc) is 2.58. The van der Waals surface area contributed by atoms with Crippen LogP contribution >= 0.6 is 34.3 Å². The molecule has 2 aromatic heterocycles. The lowest BCUT2D eigenvalue weighted by molar-refractivity contribution is 1.43. The molecule has 0 fully saturated rings. The van der Waals surface area contributed by atoms with E-state index in [0.717, 1.165) is 15.6 Å². The van der Waals surface area contributed by atoms with Gasteiger partial charge in [0.1, 0.15) is 0 Å². The van der Waals surface area contributed by atoms with E-state index in [9.17, 15) is 0 Å². The van der Waals surface area contributed by atoms with Crippen molar-refractivity contribution in [2.24, 2.45) is 0 Å². The molecular formula is C7H5ClN2S2. The SMILES string of the molecule is Nc1nc(-c2cc(Cl)cs2)cs1. The summed E-state index contributed by atoms with van der Waals surface area (Å²) in [6, 6.07) is 1.89. The van der Waals surface area contributed by atoms with E-state index in [0.29, 0.717) is 5.13 Å². The van der Waals surface area contributed by atoms with E-state index in [1.54, 1.807) is 11.3 Å². The molecular weight excluding hydrogens is 212 g/mol. The maximum Gasteiger partial charge on any atom is 0.180 e. The first-order valence-electron chi connectivity index (χ1n) is 3.21. The summed E-state index contributed by atoms with van der Waals surface area (Å²) in [5, 5.41) is 5.15. The number of nitrogen functional groups attached to an aromatic ring is 1. The Hall–Kier alpha value is -0.580. The summed E-state index contributed by atoms with van der Waals surface area (Å²) in [6.45, 7) is 0. The lowest BCUT2D eigenvalue weighted by Crippen LogP contribution is -1.80. The molecule has 62 valence electrons. The predicted octanol–water partition coefficient (Wildman–Crippen LogP) is 3.11. The fraction of sp³-hybridized carbons (Fsp3) is 0. The number of nitrogens with zero attached hydrogens (tertiary/aromatic N) is 1. The Morgan fingerprint density at radius 2 is 2.17 bits per heavy atom. The summed E-state index contributed by atoms with van der Waals surface area (Å²) >= 11 is 8.78. The van der Waals surface area contributed by atoms with Crippen LogP contribution in [0, 0.1) is 0 Å². The van der Waals surface area contributed by atoms with E-state index in [-0.39, 0.29) is 0 Å². The molecule has 0 bridgehead atoms. The summed E-state index contributed by atoms with van der Waals surface area (Å²) in [5.74, 6) is 0. The van der Waals surface area contributed by atoms with Crippen molar-refractivity contribution in [3.63, 3.8) is 0 Å². The number of nitrogens with two attached hydrogens (primary N) is 1. The number of aromatic nitrogens is 1. The number of hydrogen-bond donors (Lipinski definition) is 1. The Morgan fingerprint density at radius 3 is 2.67 bits per heavy atom. The average molecular weight is 217 g/mol. The van der Waals surface area contributed by atoms with Crippen LogP contribution in [-0.2, 0) is 0 Å². The molecule has 5 heteroatoms. The lowest BCUT2D eigenvalue weighted by Gasteiger charge is -1.85. The highest BCUT2D eigenvalue weighted by atomic mass is 35.5. The van der Waals surface area contributed by atoms with Gasteiger partial charge in [0, 0.05) is 10.8 Å². The maximum atomic E-state index is 5.77. The first-order valence-corrected chi connectivity index (χ1v) is 5.35. The van der Waals surface area contributed by atoms with Crippen molar-refractivity contribution in [3.05, 3.63) is 21.8 Å². The van der Waals surface area contributed by atoms with Gasteiger partial charge in [0.2, 0.25) is 0 Å². The van der Waals surface area contributed by atoms with Crippen molar-refractivity contribution in [2.45, 2.75) is 0 Å². The molecule has 2 N–H and O–H groups in total. The van der Waals surface area contributed by atoms with Crippen LogP contribution in [0.1, 0.15) is 0 Å². The van der Waals surface area contributed by atoms with E-state index < -0.39 is 0 Å². The zero-order valence-electron chi connectivity index (χ0n) is 5.95. The Labute approximate surface area is 82.6 Å². The summed E-state index contributed by atoms with van der Waals surface area (Å²) in [5.41, 5.74) is 6.41. The van der Waals surface area contributed by atoms with E-state index in [4.69, 9.17) is 17.3 Å². The van der Waals surface area contributed by atoms with Crippen LogP contribution in [0.4, 0.5) is 5.13 Å². The smallest absolute Gasteiger partial charge is 0.180 e. The molecule has 0 amide bonds. The first kappa shape index (κ1) is 8.04. The van der Waals surface area contributed by atoms with Gasteiger partial charge in [-0.15, -0.1) is 22.7 Å². The third-order valence-electron chi connectivity index (χ3n) is 1.34. The molecule has 2 rings (SSSR count). The molecule has 0 radical (unpaired) electrons. The molecule has 2 aromatic rings. The van der Waals surface area contributed by atoms with E-state index in [2.05, 4.69) is 4.98 Å². The van der Waals surface area contributed by atoms with Crippen LogP contribution in [0.25, 0.3) is 10.6 Å². The van der Waals surface area contributed by atoms with Crippen molar-refractivity contribution >= 4 is 39.4 Å². The van der Waals surface area contributed by atoms with Gasteiger partial charge in [-0.3, -0.25) is 0 Å². The van der Waals surface area contributed by atoms with Crippen molar-refractivity contribution in [1.29, 1.82) is 0 Å². The van der Waals surface area contributed by atoms with Crippen LogP contribution in [0.2, 0.25) is 5.02 Å². The van der Waals surface area contributed by atoms with Crippen LogP contribution in [0.15, 0.2) is 16.8 Å². The second-order valence-electron chi connectivity index (χ2n) is 2.20. The van der Waals surface area contributed by atoms with Crippen molar-refractivity contribution in [1.82, 2.24) is 4.98 Å². The second-order valence-corrected chi connectivity index (χ2v) is 4.44.